The van der Waals surface area contributed by atoms with E-state index in [0.29, 0.717) is 6.07 Å². The van der Waals surface area contributed by atoms with E-state index in [4.69, 9.17) is 0 Å². The molecule has 22 heavy (non-hydrogen) atoms. The molecule has 0 fully saturated rings. The fraction of sp³-hybridized carbons (Fsp3) is 0.143. The first-order chi connectivity index (χ1) is 10.2. The van der Waals surface area contributed by atoms with Gasteiger partial charge in [-0.2, -0.15) is 13.2 Å². The second kappa shape index (κ2) is 5.63. The summed E-state index contributed by atoms with van der Waals surface area (Å²) in [5.41, 5.74) is -3.04. The highest BCUT2D eigenvalue weighted by atomic mass is 19.4. The van der Waals surface area contributed by atoms with Gasteiger partial charge in [0.15, 0.2) is 0 Å². The van der Waals surface area contributed by atoms with Crippen molar-refractivity contribution in [3.63, 3.8) is 0 Å². The van der Waals surface area contributed by atoms with Crippen molar-refractivity contribution in [2.75, 3.05) is 5.32 Å². The zero-order valence-corrected chi connectivity index (χ0v) is 11.2. The van der Waals surface area contributed by atoms with Gasteiger partial charge in [0, 0.05) is 18.0 Å². The number of H-pyrrole nitrogens is 1. The third-order valence-electron chi connectivity index (χ3n) is 2.80. The fourth-order valence-electron chi connectivity index (χ4n) is 1.91. The van der Waals surface area contributed by atoms with Crippen LogP contribution < -0.4 is 10.9 Å². The number of halogens is 4. The molecule has 8 heteroatoms. The van der Waals surface area contributed by atoms with Gasteiger partial charge in [-0.1, -0.05) is 0 Å². The summed E-state index contributed by atoms with van der Waals surface area (Å²) in [6.07, 6.45) is -3.68. The van der Waals surface area contributed by atoms with Gasteiger partial charge in [-0.3, -0.25) is 9.59 Å². The Morgan fingerprint density at radius 3 is 2.50 bits per heavy atom. The van der Waals surface area contributed by atoms with Crippen LogP contribution in [0, 0.1) is 12.7 Å². The van der Waals surface area contributed by atoms with Gasteiger partial charge in [0.05, 0.1) is 11.1 Å². The van der Waals surface area contributed by atoms with Gasteiger partial charge < -0.3 is 10.3 Å². The normalized spacial score (nSPS) is 11.3. The van der Waals surface area contributed by atoms with E-state index in [-0.39, 0.29) is 11.3 Å². The van der Waals surface area contributed by atoms with Crippen molar-refractivity contribution in [2.24, 2.45) is 0 Å². The number of rotatable bonds is 2. The molecule has 2 aromatic rings. The highest BCUT2D eigenvalue weighted by Crippen LogP contribution is 2.34. The predicted octanol–water partition coefficient (Wildman–Crippen LogP) is 3.09. The maximum Gasteiger partial charge on any atom is 0.417 e. The molecule has 0 unspecified atom stereocenters. The molecule has 0 radical (unpaired) electrons. The van der Waals surface area contributed by atoms with Crippen molar-refractivity contribution in [3.8, 4) is 0 Å². The summed E-state index contributed by atoms with van der Waals surface area (Å²) >= 11 is 0. The molecule has 0 atom stereocenters. The van der Waals surface area contributed by atoms with Gasteiger partial charge in [0.2, 0.25) is 5.56 Å². The first-order valence-electron chi connectivity index (χ1n) is 6.06. The molecule has 2 N–H and O–H groups in total. The molecule has 1 aromatic heterocycles. The van der Waals surface area contributed by atoms with E-state index in [0.717, 1.165) is 12.1 Å². The number of anilines is 1. The lowest BCUT2D eigenvalue weighted by molar-refractivity contribution is -0.138. The molecular weight excluding hydrogens is 304 g/mol. The second-order valence-electron chi connectivity index (χ2n) is 4.56. The minimum Gasteiger partial charge on any atom is -0.329 e. The number of aryl methyl sites for hydroxylation is 1. The maximum absolute atomic E-state index is 13.8. The van der Waals surface area contributed by atoms with Gasteiger partial charge in [-0.15, -0.1) is 0 Å². The SMILES string of the molecule is Cc1cc(F)c(C(=O)Nc2cc[nH]c(=O)c2)c(C(F)(F)F)c1. The number of carbonyl (C=O) groups is 1. The van der Waals surface area contributed by atoms with E-state index >= 15 is 0 Å². The van der Waals surface area contributed by atoms with Crippen molar-refractivity contribution in [1.29, 1.82) is 0 Å². The molecule has 0 spiro atoms. The Labute approximate surface area is 121 Å². The summed E-state index contributed by atoms with van der Waals surface area (Å²) < 4.78 is 52.8. The Kier molecular flexibility index (Phi) is 4.03. The zero-order chi connectivity index (χ0) is 16.5. The summed E-state index contributed by atoms with van der Waals surface area (Å²) in [7, 11) is 0. The van der Waals surface area contributed by atoms with Crippen molar-refractivity contribution < 1.29 is 22.4 Å². The van der Waals surface area contributed by atoms with E-state index in [1.165, 1.54) is 19.2 Å². The molecule has 0 aliphatic rings. The minimum absolute atomic E-state index is 0.0394. The topological polar surface area (TPSA) is 62.0 Å². The van der Waals surface area contributed by atoms with E-state index < -0.39 is 34.6 Å². The van der Waals surface area contributed by atoms with E-state index in [9.17, 15) is 27.2 Å². The van der Waals surface area contributed by atoms with E-state index in [2.05, 4.69) is 10.3 Å². The number of carbonyl (C=O) groups excluding carboxylic acids is 1. The predicted molar refractivity (Wildman–Crippen MR) is 71.2 cm³/mol. The number of aromatic amines is 1. The summed E-state index contributed by atoms with van der Waals surface area (Å²) in [5, 5.41) is 2.07. The Balaban J connectivity index is 2.47. The van der Waals surface area contributed by atoms with Gasteiger partial charge in [0.1, 0.15) is 5.82 Å². The molecule has 1 amide bonds. The number of benzene rings is 1. The molecule has 0 saturated carbocycles. The molecule has 4 nitrogen and oxygen atoms in total. The van der Waals surface area contributed by atoms with Crippen molar-refractivity contribution >= 4 is 11.6 Å². The standard InChI is InChI=1S/C14H10F4N2O2/c1-7-4-9(14(16,17)18)12(10(15)5-7)13(22)20-8-2-3-19-11(21)6-8/h2-6H,1H3,(H2,19,20,21,22). The molecule has 1 heterocycles. The molecule has 0 bridgehead atoms. The van der Waals surface area contributed by atoms with Crippen molar-refractivity contribution in [2.45, 2.75) is 13.1 Å². The lowest BCUT2D eigenvalue weighted by Crippen LogP contribution is -2.21. The van der Waals surface area contributed by atoms with Gasteiger partial charge >= 0.3 is 6.18 Å². The van der Waals surface area contributed by atoms with Crippen LogP contribution in [0.1, 0.15) is 21.5 Å². The summed E-state index contributed by atoms with van der Waals surface area (Å²) in [4.78, 5) is 25.3. The molecule has 0 saturated heterocycles. The number of hydrogen-bond donors (Lipinski definition) is 2. The Morgan fingerprint density at radius 2 is 1.91 bits per heavy atom. The molecule has 116 valence electrons. The maximum atomic E-state index is 13.8. The van der Waals surface area contributed by atoms with Crippen LogP contribution in [-0.4, -0.2) is 10.9 Å². The zero-order valence-electron chi connectivity index (χ0n) is 11.2. The quantitative estimate of drug-likeness (QED) is 0.837. The van der Waals surface area contributed by atoms with Crippen molar-refractivity contribution in [1.82, 2.24) is 4.98 Å². The van der Waals surface area contributed by atoms with Crippen LogP contribution in [0.15, 0.2) is 35.3 Å². The Hall–Kier alpha value is -2.64. The number of amides is 1. The fourth-order valence-corrected chi connectivity index (χ4v) is 1.91. The third kappa shape index (κ3) is 3.33. The van der Waals surface area contributed by atoms with Crippen molar-refractivity contribution in [3.05, 3.63) is 63.3 Å². The minimum atomic E-state index is -4.88. The van der Waals surface area contributed by atoms with Crippen LogP contribution in [0.25, 0.3) is 0 Å². The average Bonchev–Trinajstić information content (AvgIpc) is 2.36. The van der Waals surface area contributed by atoms with Crippen LogP contribution in [0.2, 0.25) is 0 Å². The lowest BCUT2D eigenvalue weighted by atomic mass is 10.0. The molecule has 1 aromatic carbocycles. The number of pyridine rings is 1. The molecular formula is C14H10F4N2O2. The average molecular weight is 314 g/mol. The Bertz CT molecular complexity index is 781. The monoisotopic (exact) mass is 314 g/mol. The number of aromatic nitrogens is 1. The van der Waals surface area contributed by atoms with Crippen LogP contribution >= 0.6 is 0 Å². The number of alkyl halides is 3. The molecule has 2 rings (SSSR count). The molecule has 0 aliphatic carbocycles. The van der Waals surface area contributed by atoms with Gasteiger partial charge in [-0.05, 0) is 30.7 Å². The highest BCUT2D eigenvalue weighted by Gasteiger charge is 2.37. The first kappa shape index (κ1) is 15.7. The summed E-state index contributed by atoms with van der Waals surface area (Å²) in [5.74, 6) is -2.56. The van der Waals surface area contributed by atoms with Gasteiger partial charge in [0.25, 0.3) is 5.91 Å². The second-order valence-corrected chi connectivity index (χ2v) is 4.56. The summed E-state index contributed by atoms with van der Waals surface area (Å²) in [6, 6.07) is 3.76. The summed E-state index contributed by atoms with van der Waals surface area (Å²) in [6.45, 7) is 1.29. The van der Waals surface area contributed by atoms with Crippen LogP contribution in [0.4, 0.5) is 23.2 Å². The smallest absolute Gasteiger partial charge is 0.329 e. The number of nitrogens with one attached hydrogen (secondary N) is 2. The van der Waals surface area contributed by atoms with Crippen LogP contribution in [-0.2, 0) is 6.18 Å². The largest absolute Gasteiger partial charge is 0.417 e. The first-order valence-corrected chi connectivity index (χ1v) is 6.06. The third-order valence-corrected chi connectivity index (χ3v) is 2.80. The highest BCUT2D eigenvalue weighted by molar-refractivity contribution is 6.05. The van der Waals surface area contributed by atoms with Gasteiger partial charge in [-0.25, -0.2) is 4.39 Å². The van der Waals surface area contributed by atoms with E-state index in [1.807, 2.05) is 0 Å². The van der Waals surface area contributed by atoms with Crippen LogP contribution in [0.5, 0.6) is 0 Å². The Morgan fingerprint density at radius 1 is 1.23 bits per heavy atom. The van der Waals surface area contributed by atoms with Crippen LogP contribution in [0.3, 0.4) is 0 Å². The van der Waals surface area contributed by atoms with E-state index in [1.54, 1.807) is 0 Å². The lowest BCUT2D eigenvalue weighted by Gasteiger charge is -2.14. The number of hydrogen-bond acceptors (Lipinski definition) is 2. The molecule has 0 aliphatic heterocycles.